The van der Waals surface area contributed by atoms with E-state index in [-0.39, 0.29) is 6.03 Å². The van der Waals surface area contributed by atoms with Crippen LogP contribution >= 0.6 is 0 Å². The molecule has 126 valence electrons. The normalized spacial score (nSPS) is 14.1. The van der Waals surface area contributed by atoms with Gasteiger partial charge in [-0.05, 0) is 63.1 Å². The number of carbonyl (C=O) groups excluding carboxylic acids is 1. The highest BCUT2D eigenvalue weighted by molar-refractivity contribution is 5.73. The Bertz CT molecular complexity index is 552. The number of amides is 2. The SMILES string of the molecule is Cc1cccc(OCCNC(=O)NCCC2=CCCCC2)c1C. The van der Waals surface area contributed by atoms with E-state index in [9.17, 15) is 4.79 Å². The Hall–Kier alpha value is -1.97. The summed E-state index contributed by atoms with van der Waals surface area (Å²) in [4.78, 5) is 11.7. The molecule has 0 fully saturated rings. The van der Waals surface area contributed by atoms with Crippen molar-refractivity contribution in [3.05, 3.63) is 41.0 Å². The van der Waals surface area contributed by atoms with Gasteiger partial charge >= 0.3 is 6.03 Å². The summed E-state index contributed by atoms with van der Waals surface area (Å²) in [5, 5.41) is 5.73. The monoisotopic (exact) mass is 316 g/mol. The maximum Gasteiger partial charge on any atom is 0.314 e. The minimum Gasteiger partial charge on any atom is -0.491 e. The minimum atomic E-state index is -0.119. The number of carbonyl (C=O) groups is 1. The van der Waals surface area contributed by atoms with Crippen molar-refractivity contribution in [2.24, 2.45) is 0 Å². The molecule has 0 saturated carbocycles. The van der Waals surface area contributed by atoms with Gasteiger partial charge in [-0.2, -0.15) is 0 Å². The molecule has 23 heavy (non-hydrogen) atoms. The Morgan fingerprint density at radius 2 is 2.00 bits per heavy atom. The first kappa shape index (κ1) is 17.4. The van der Waals surface area contributed by atoms with Crippen molar-refractivity contribution in [2.75, 3.05) is 19.7 Å². The van der Waals surface area contributed by atoms with Gasteiger partial charge in [-0.25, -0.2) is 4.79 Å². The zero-order valence-electron chi connectivity index (χ0n) is 14.3. The van der Waals surface area contributed by atoms with Crippen molar-refractivity contribution in [2.45, 2.75) is 46.0 Å². The van der Waals surface area contributed by atoms with Crippen LogP contribution in [0.5, 0.6) is 5.75 Å². The molecule has 0 aliphatic heterocycles. The van der Waals surface area contributed by atoms with E-state index in [1.165, 1.54) is 36.8 Å². The van der Waals surface area contributed by atoms with Crippen LogP contribution in [0.25, 0.3) is 0 Å². The molecule has 0 spiro atoms. The van der Waals surface area contributed by atoms with Crippen LogP contribution in [0.1, 0.15) is 43.2 Å². The Kier molecular flexibility index (Phi) is 6.98. The number of nitrogens with one attached hydrogen (secondary N) is 2. The maximum absolute atomic E-state index is 11.7. The standard InChI is InChI=1S/C19H28N2O2/c1-15-7-6-10-18(16(15)2)23-14-13-21-19(22)20-12-11-17-8-4-3-5-9-17/h6-8,10H,3-5,9,11-14H2,1-2H3,(H2,20,21,22). The van der Waals surface area contributed by atoms with Gasteiger partial charge in [-0.15, -0.1) is 0 Å². The predicted octanol–water partition coefficient (Wildman–Crippen LogP) is 3.87. The van der Waals surface area contributed by atoms with Crippen LogP contribution in [-0.4, -0.2) is 25.7 Å². The zero-order valence-corrected chi connectivity index (χ0v) is 14.3. The second-order valence-electron chi connectivity index (χ2n) is 6.09. The number of benzene rings is 1. The number of hydrogen-bond donors (Lipinski definition) is 2. The molecule has 1 aliphatic carbocycles. The molecule has 1 aliphatic rings. The molecule has 2 N–H and O–H groups in total. The lowest BCUT2D eigenvalue weighted by Gasteiger charge is -2.14. The van der Waals surface area contributed by atoms with Crippen LogP contribution in [0.4, 0.5) is 4.79 Å². The van der Waals surface area contributed by atoms with E-state index in [4.69, 9.17) is 4.74 Å². The van der Waals surface area contributed by atoms with Crippen LogP contribution < -0.4 is 15.4 Å². The third-order valence-electron chi connectivity index (χ3n) is 4.32. The second kappa shape index (κ2) is 9.23. The van der Waals surface area contributed by atoms with Crippen LogP contribution in [0.15, 0.2) is 29.8 Å². The topological polar surface area (TPSA) is 50.4 Å². The van der Waals surface area contributed by atoms with E-state index in [0.717, 1.165) is 17.7 Å². The van der Waals surface area contributed by atoms with Gasteiger partial charge in [0.2, 0.25) is 0 Å². The van der Waals surface area contributed by atoms with Gasteiger partial charge in [0.05, 0.1) is 6.54 Å². The number of aryl methyl sites for hydroxylation is 1. The fourth-order valence-corrected chi connectivity index (χ4v) is 2.74. The van der Waals surface area contributed by atoms with Crippen molar-refractivity contribution in [3.8, 4) is 5.75 Å². The number of ether oxygens (including phenoxy) is 1. The Morgan fingerprint density at radius 1 is 1.17 bits per heavy atom. The third-order valence-corrected chi connectivity index (χ3v) is 4.32. The largest absolute Gasteiger partial charge is 0.491 e. The van der Waals surface area contributed by atoms with Crippen molar-refractivity contribution in [1.29, 1.82) is 0 Å². The number of urea groups is 1. The number of hydrogen-bond acceptors (Lipinski definition) is 2. The molecule has 0 heterocycles. The first-order valence-electron chi connectivity index (χ1n) is 8.55. The summed E-state index contributed by atoms with van der Waals surface area (Å²) in [5.41, 5.74) is 3.85. The summed E-state index contributed by atoms with van der Waals surface area (Å²) in [5.74, 6) is 0.886. The van der Waals surface area contributed by atoms with Crippen molar-refractivity contribution in [3.63, 3.8) is 0 Å². The third kappa shape index (κ3) is 5.97. The first-order chi connectivity index (χ1) is 11.2. The Balaban J connectivity index is 1.57. The smallest absolute Gasteiger partial charge is 0.314 e. The van der Waals surface area contributed by atoms with Crippen molar-refractivity contribution >= 4 is 6.03 Å². The number of rotatable bonds is 7. The average Bonchev–Trinajstić information content (AvgIpc) is 2.56. The summed E-state index contributed by atoms with van der Waals surface area (Å²) in [7, 11) is 0. The van der Waals surface area contributed by atoms with Crippen LogP contribution in [0.2, 0.25) is 0 Å². The molecule has 4 nitrogen and oxygen atoms in total. The average molecular weight is 316 g/mol. The van der Waals surface area contributed by atoms with Gasteiger partial charge in [0.15, 0.2) is 0 Å². The predicted molar refractivity (Wildman–Crippen MR) is 94.0 cm³/mol. The highest BCUT2D eigenvalue weighted by Gasteiger charge is 2.05. The zero-order chi connectivity index (χ0) is 16.5. The molecule has 2 rings (SSSR count). The van der Waals surface area contributed by atoms with E-state index in [1.54, 1.807) is 0 Å². The van der Waals surface area contributed by atoms with E-state index < -0.39 is 0 Å². The molecular formula is C19H28N2O2. The molecule has 0 radical (unpaired) electrons. The van der Waals surface area contributed by atoms with E-state index in [1.807, 2.05) is 19.1 Å². The minimum absolute atomic E-state index is 0.119. The maximum atomic E-state index is 11.7. The molecule has 0 unspecified atom stereocenters. The fraction of sp³-hybridized carbons (Fsp3) is 0.526. The second-order valence-corrected chi connectivity index (χ2v) is 6.09. The lowest BCUT2D eigenvalue weighted by molar-refractivity contribution is 0.236. The summed E-state index contributed by atoms with van der Waals surface area (Å²) < 4.78 is 5.72. The lowest BCUT2D eigenvalue weighted by Crippen LogP contribution is -2.38. The molecule has 0 bridgehead atoms. The van der Waals surface area contributed by atoms with Gasteiger partial charge in [-0.3, -0.25) is 0 Å². The summed E-state index contributed by atoms with van der Waals surface area (Å²) >= 11 is 0. The fourth-order valence-electron chi connectivity index (χ4n) is 2.74. The molecule has 2 amide bonds. The molecule has 0 atom stereocenters. The van der Waals surface area contributed by atoms with Crippen LogP contribution in [0.3, 0.4) is 0 Å². The number of allylic oxidation sites excluding steroid dienone is 1. The van der Waals surface area contributed by atoms with Crippen LogP contribution in [0, 0.1) is 13.8 Å². The van der Waals surface area contributed by atoms with Crippen molar-refractivity contribution in [1.82, 2.24) is 10.6 Å². The summed E-state index contributed by atoms with van der Waals surface area (Å²) in [6, 6.07) is 5.89. The summed E-state index contributed by atoms with van der Waals surface area (Å²) in [6.07, 6.45) is 8.25. The molecule has 1 aromatic rings. The van der Waals surface area contributed by atoms with Crippen LogP contribution in [-0.2, 0) is 0 Å². The van der Waals surface area contributed by atoms with E-state index >= 15 is 0 Å². The highest BCUT2D eigenvalue weighted by atomic mass is 16.5. The molecule has 1 aromatic carbocycles. The van der Waals surface area contributed by atoms with Gasteiger partial charge < -0.3 is 15.4 Å². The Labute approximate surface area is 139 Å². The molecular weight excluding hydrogens is 288 g/mol. The van der Waals surface area contributed by atoms with Gasteiger partial charge in [0, 0.05) is 6.54 Å². The highest BCUT2D eigenvalue weighted by Crippen LogP contribution is 2.20. The van der Waals surface area contributed by atoms with E-state index in [2.05, 4.69) is 29.7 Å². The first-order valence-corrected chi connectivity index (χ1v) is 8.55. The lowest BCUT2D eigenvalue weighted by atomic mass is 9.97. The van der Waals surface area contributed by atoms with Gasteiger partial charge in [-0.1, -0.05) is 23.8 Å². The van der Waals surface area contributed by atoms with Gasteiger partial charge in [0.25, 0.3) is 0 Å². The van der Waals surface area contributed by atoms with Gasteiger partial charge in [0.1, 0.15) is 12.4 Å². The van der Waals surface area contributed by atoms with E-state index in [0.29, 0.717) is 19.7 Å². The Morgan fingerprint density at radius 3 is 2.78 bits per heavy atom. The summed E-state index contributed by atoms with van der Waals surface area (Å²) in [6.45, 7) is 5.79. The van der Waals surface area contributed by atoms with Crippen molar-refractivity contribution < 1.29 is 9.53 Å². The molecule has 0 aromatic heterocycles. The molecule has 0 saturated heterocycles. The quantitative estimate of drug-likeness (QED) is 0.592. The molecule has 4 heteroatoms.